The van der Waals surface area contributed by atoms with Crippen molar-refractivity contribution in [2.75, 3.05) is 7.11 Å². The van der Waals surface area contributed by atoms with Gasteiger partial charge in [-0.1, -0.05) is 18.5 Å². The summed E-state index contributed by atoms with van der Waals surface area (Å²) < 4.78 is 7.22. The zero-order chi connectivity index (χ0) is 13.5. The Morgan fingerprint density at radius 3 is 2.50 bits per heavy atom. The third kappa shape index (κ3) is 1.78. The summed E-state index contributed by atoms with van der Waals surface area (Å²) in [6.07, 6.45) is 0.774. The first-order valence-electron chi connectivity index (χ1n) is 5.88. The first-order valence-corrected chi connectivity index (χ1v) is 6.26. The van der Waals surface area contributed by atoms with Crippen LogP contribution in [0, 0.1) is 13.8 Å². The Hall–Kier alpha value is -1.20. The number of aryl methyl sites for hydroxylation is 1. The van der Waals surface area contributed by atoms with Gasteiger partial charge in [0.2, 0.25) is 0 Å². The number of hydrogen-bond donors (Lipinski definition) is 0. The third-order valence-electron chi connectivity index (χ3n) is 3.63. The summed E-state index contributed by atoms with van der Waals surface area (Å²) in [7, 11) is 1.66. The van der Waals surface area contributed by atoms with E-state index in [9.17, 15) is 0 Å². The first kappa shape index (κ1) is 13.2. The van der Waals surface area contributed by atoms with E-state index >= 15 is 0 Å². The minimum absolute atomic E-state index is 0.468. The van der Waals surface area contributed by atoms with Gasteiger partial charge in [0, 0.05) is 12.7 Å². The fourth-order valence-electron chi connectivity index (χ4n) is 1.82. The van der Waals surface area contributed by atoms with Crippen molar-refractivity contribution in [3.05, 3.63) is 22.1 Å². The Labute approximate surface area is 111 Å². The Balaban J connectivity index is 2.76. The predicted octanol–water partition coefficient (Wildman–Crippen LogP) is 2.67. The molecule has 0 aromatic carbocycles. The molecule has 0 bridgehead atoms. The van der Waals surface area contributed by atoms with Gasteiger partial charge >= 0.3 is 0 Å². The predicted molar refractivity (Wildman–Crippen MR) is 69.9 cm³/mol. The van der Waals surface area contributed by atoms with Gasteiger partial charge in [-0.3, -0.25) is 0 Å². The number of rotatable bonds is 3. The molecule has 0 saturated carbocycles. The largest absolute Gasteiger partial charge is 0.370 e. The van der Waals surface area contributed by atoms with Crippen molar-refractivity contribution in [1.82, 2.24) is 19.8 Å². The standard InChI is InChI=1S/C12H17ClN4O/c1-6-12(4,18-5)11-15-14-10-8(3)7(2)9(13)16-17(10)11/h6H2,1-5H3. The number of aromatic nitrogens is 4. The molecule has 2 rings (SSSR count). The van der Waals surface area contributed by atoms with Gasteiger partial charge < -0.3 is 4.74 Å². The molecular formula is C12H17ClN4O. The average molecular weight is 269 g/mol. The van der Waals surface area contributed by atoms with Gasteiger partial charge in [0.05, 0.1) is 0 Å². The van der Waals surface area contributed by atoms with E-state index in [0.29, 0.717) is 11.0 Å². The fraction of sp³-hybridized carbons (Fsp3) is 0.583. The monoisotopic (exact) mass is 268 g/mol. The van der Waals surface area contributed by atoms with Crippen LogP contribution < -0.4 is 0 Å². The number of methoxy groups -OCH3 is 1. The molecule has 2 aromatic heterocycles. The van der Waals surface area contributed by atoms with Crippen molar-refractivity contribution < 1.29 is 4.74 Å². The van der Waals surface area contributed by atoms with Gasteiger partial charge in [-0.2, -0.15) is 9.61 Å². The van der Waals surface area contributed by atoms with E-state index < -0.39 is 5.60 Å². The topological polar surface area (TPSA) is 52.3 Å². The number of fused-ring (bicyclic) bond motifs is 1. The second kappa shape index (κ2) is 4.48. The molecule has 1 atom stereocenters. The zero-order valence-corrected chi connectivity index (χ0v) is 12.0. The van der Waals surface area contributed by atoms with E-state index in [-0.39, 0.29) is 0 Å². The van der Waals surface area contributed by atoms with E-state index in [1.54, 1.807) is 11.6 Å². The van der Waals surface area contributed by atoms with Crippen LogP contribution in [0.3, 0.4) is 0 Å². The van der Waals surface area contributed by atoms with Crippen LogP contribution in [0.15, 0.2) is 0 Å². The molecule has 18 heavy (non-hydrogen) atoms. The Bertz CT molecular complexity index is 589. The molecule has 5 nitrogen and oxygen atoms in total. The number of nitrogens with zero attached hydrogens (tertiary/aromatic N) is 4. The quantitative estimate of drug-likeness (QED) is 0.859. The lowest BCUT2D eigenvalue weighted by molar-refractivity contribution is -0.0106. The highest BCUT2D eigenvalue weighted by Crippen LogP contribution is 2.28. The van der Waals surface area contributed by atoms with Crippen LogP contribution in [-0.2, 0) is 10.3 Å². The van der Waals surface area contributed by atoms with Crippen molar-refractivity contribution in [3.8, 4) is 0 Å². The van der Waals surface area contributed by atoms with Crippen LogP contribution in [-0.4, -0.2) is 26.9 Å². The molecule has 2 aromatic rings. The lowest BCUT2D eigenvalue weighted by Crippen LogP contribution is -2.27. The molecule has 6 heteroatoms. The summed E-state index contributed by atoms with van der Waals surface area (Å²) >= 11 is 6.13. The van der Waals surface area contributed by atoms with Crippen molar-refractivity contribution >= 4 is 17.2 Å². The van der Waals surface area contributed by atoms with Gasteiger partial charge in [-0.25, -0.2) is 0 Å². The van der Waals surface area contributed by atoms with Crippen LogP contribution >= 0.6 is 11.6 Å². The highest BCUT2D eigenvalue weighted by Gasteiger charge is 2.31. The van der Waals surface area contributed by atoms with Crippen molar-refractivity contribution in [2.24, 2.45) is 0 Å². The van der Waals surface area contributed by atoms with Gasteiger partial charge in [-0.05, 0) is 32.8 Å². The maximum Gasteiger partial charge on any atom is 0.186 e. The Morgan fingerprint density at radius 2 is 1.94 bits per heavy atom. The molecule has 98 valence electrons. The second-order valence-corrected chi connectivity index (χ2v) is 4.95. The second-order valence-electron chi connectivity index (χ2n) is 4.59. The van der Waals surface area contributed by atoms with Crippen molar-refractivity contribution in [1.29, 1.82) is 0 Å². The molecular weight excluding hydrogens is 252 g/mol. The average Bonchev–Trinajstić information content (AvgIpc) is 2.79. The minimum Gasteiger partial charge on any atom is -0.370 e. The summed E-state index contributed by atoms with van der Waals surface area (Å²) in [6.45, 7) is 7.89. The van der Waals surface area contributed by atoms with E-state index in [0.717, 1.165) is 23.2 Å². The van der Waals surface area contributed by atoms with Crippen LogP contribution in [0.2, 0.25) is 5.15 Å². The van der Waals surface area contributed by atoms with Gasteiger partial charge in [-0.15, -0.1) is 10.2 Å². The molecule has 0 radical (unpaired) electrons. The third-order valence-corrected chi connectivity index (χ3v) is 3.99. The summed E-state index contributed by atoms with van der Waals surface area (Å²) in [6, 6.07) is 0. The maximum absolute atomic E-state index is 6.13. The molecule has 2 heterocycles. The van der Waals surface area contributed by atoms with Gasteiger partial charge in [0.1, 0.15) is 5.60 Å². The number of ether oxygens (including phenoxy) is 1. The summed E-state index contributed by atoms with van der Waals surface area (Å²) in [5, 5.41) is 13.2. The van der Waals surface area contributed by atoms with Crippen molar-refractivity contribution in [2.45, 2.75) is 39.7 Å². The minimum atomic E-state index is -0.516. The molecule has 0 aliphatic carbocycles. The smallest absolute Gasteiger partial charge is 0.186 e. The summed E-state index contributed by atoms with van der Waals surface area (Å²) in [5.41, 5.74) is 2.13. The zero-order valence-electron chi connectivity index (χ0n) is 11.3. The molecule has 0 spiro atoms. The van der Waals surface area contributed by atoms with E-state index in [2.05, 4.69) is 15.3 Å². The number of hydrogen-bond acceptors (Lipinski definition) is 4. The lowest BCUT2D eigenvalue weighted by atomic mass is 10.0. The normalized spacial score (nSPS) is 15.0. The molecule has 0 saturated heterocycles. The summed E-state index contributed by atoms with van der Waals surface area (Å²) in [5.74, 6) is 0.674. The first-order chi connectivity index (χ1) is 8.44. The fourth-order valence-corrected chi connectivity index (χ4v) is 2.03. The van der Waals surface area contributed by atoms with Crippen LogP contribution in [0.5, 0.6) is 0 Å². The highest BCUT2D eigenvalue weighted by molar-refractivity contribution is 6.30. The van der Waals surface area contributed by atoms with Gasteiger partial charge in [0.15, 0.2) is 16.6 Å². The highest BCUT2D eigenvalue weighted by atomic mass is 35.5. The van der Waals surface area contributed by atoms with Crippen molar-refractivity contribution in [3.63, 3.8) is 0 Å². The molecule has 1 unspecified atom stereocenters. The molecule has 0 N–H and O–H groups in total. The molecule has 0 aliphatic heterocycles. The molecule has 0 amide bonds. The van der Waals surface area contributed by atoms with Crippen LogP contribution in [0.1, 0.15) is 37.2 Å². The van der Waals surface area contributed by atoms with Gasteiger partial charge in [0.25, 0.3) is 0 Å². The number of halogens is 1. The maximum atomic E-state index is 6.13. The SMILES string of the molecule is CCC(C)(OC)c1nnc2c(C)c(C)c(Cl)nn12. The molecule has 0 fully saturated rings. The molecule has 0 aliphatic rings. The lowest BCUT2D eigenvalue weighted by Gasteiger charge is -2.24. The Morgan fingerprint density at radius 1 is 1.28 bits per heavy atom. The van der Waals surface area contributed by atoms with E-state index in [4.69, 9.17) is 16.3 Å². The van der Waals surface area contributed by atoms with Crippen LogP contribution in [0.25, 0.3) is 5.65 Å². The van der Waals surface area contributed by atoms with E-state index in [1.165, 1.54) is 0 Å². The Kier molecular flexibility index (Phi) is 3.29. The van der Waals surface area contributed by atoms with E-state index in [1.807, 2.05) is 27.7 Å². The van der Waals surface area contributed by atoms with Crippen LogP contribution in [0.4, 0.5) is 0 Å². The summed E-state index contributed by atoms with van der Waals surface area (Å²) in [4.78, 5) is 0.